The fourth-order valence-electron chi connectivity index (χ4n) is 3.21. The number of benzene rings is 1. The Hall–Kier alpha value is -1.28. The van der Waals surface area contributed by atoms with Crippen LogP contribution < -0.4 is 0 Å². The zero-order chi connectivity index (χ0) is 13.5. The van der Waals surface area contributed by atoms with E-state index in [1.54, 1.807) is 0 Å². The lowest BCUT2D eigenvalue weighted by atomic mass is 9.97. The Kier molecular flexibility index (Phi) is 3.14. The summed E-state index contributed by atoms with van der Waals surface area (Å²) in [4.78, 5) is 0. The van der Waals surface area contributed by atoms with Gasteiger partial charge in [0.25, 0.3) is 0 Å². The minimum absolute atomic E-state index is 0.762. The molecule has 0 spiro atoms. The van der Waals surface area contributed by atoms with Crippen molar-refractivity contribution in [2.24, 2.45) is 5.92 Å². The van der Waals surface area contributed by atoms with Crippen molar-refractivity contribution in [3.63, 3.8) is 0 Å². The van der Waals surface area contributed by atoms with E-state index in [0.29, 0.717) is 0 Å². The Morgan fingerprint density at radius 2 is 1.95 bits per heavy atom. The maximum atomic E-state index is 10.1. The monoisotopic (exact) mass is 257 g/mol. The quantitative estimate of drug-likeness (QED) is 0.881. The molecule has 1 aromatic heterocycles. The Morgan fingerprint density at radius 1 is 1.21 bits per heavy atom. The van der Waals surface area contributed by atoms with E-state index < -0.39 is 5.60 Å². The highest BCUT2D eigenvalue weighted by atomic mass is 16.3. The number of hydrogen-bond donors (Lipinski definition) is 1. The number of aromatic nitrogens is 1. The van der Waals surface area contributed by atoms with Gasteiger partial charge in [-0.05, 0) is 61.8 Å². The van der Waals surface area contributed by atoms with Gasteiger partial charge in [0.2, 0.25) is 0 Å². The van der Waals surface area contributed by atoms with Crippen molar-refractivity contribution in [3.8, 4) is 0 Å². The fourth-order valence-corrected chi connectivity index (χ4v) is 3.21. The normalized spacial score (nSPS) is 17.4. The second-order valence-corrected chi connectivity index (χ2v) is 6.45. The first-order valence-electron chi connectivity index (χ1n) is 7.36. The lowest BCUT2D eigenvalue weighted by Crippen LogP contribution is -2.15. The lowest BCUT2D eigenvalue weighted by molar-refractivity contribution is 0.0787. The van der Waals surface area contributed by atoms with Crippen LogP contribution in [-0.2, 0) is 12.1 Å². The molecule has 3 rings (SSSR count). The number of nitrogens with zero attached hydrogens (tertiary/aromatic N) is 1. The minimum Gasteiger partial charge on any atom is -0.386 e. The maximum absolute atomic E-state index is 10.1. The Labute approximate surface area is 115 Å². The van der Waals surface area contributed by atoms with Crippen LogP contribution in [0.25, 0.3) is 10.9 Å². The molecule has 1 aliphatic rings. The molecule has 102 valence electrons. The Morgan fingerprint density at radius 3 is 2.63 bits per heavy atom. The molecule has 0 bridgehead atoms. The summed E-state index contributed by atoms with van der Waals surface area (Å²) >= 11 is 0. The molecule has 0 unspecified atom stereocenters. The van der Waals surface area contributed by atoms with Crippen LogP contribution in [0.5, 0.6) is 0 Å². The number of rotatable bonds is 3. The van der Waals surface area contributed by atoms with Gasteiger partial charge in [-0.3, -0.25) is 0 Å². The molecule has 0 saturated heterocycles. The van der Waals surface area contributed by atoms with E-state index in [1.165, 1.54) is 36.6 Å². The van der Waals surface area contributed by atoms with Gasteiger partial charge in [0, 0.05) is 18.3 Å². The highest BCUT2D eigenvalue weighted by Gasteiger charge is 2.18. The van der Waals surface area contributed by atoms with Crippen molar-refractivity contribution in [2.45, 2.75) is 51.7 Å². The van der Waals surface area contributed by atoms with Gasteiger partial charge in [-0.15, -0.1) is 0 Å². The van der Waals surface area contributed by atoms with Crippen molar-refractivity contribution in [2.75, 3.05) is 0 Å². The van der Waals surface area contributed by atoms with Crippen LogP contribution in [0, 0.1) is 5.92 Å². The van der Waals surface area contributed by atoms with E-state index in [-0.39, 0.29) is 0 Å². The van der Waals surface area contributed by atoms with Crippen LogP contribution in [0.3, 0.4) is 0 Å². The van der Waals surface area contributed by atoms with Crippen LogP contribution in [0.15, 0.2) is 30.5 Å². The van der Waals surface area contributed by atoms with Crippen LogP contribution in [0.2, 0.25) is 0 Å². The van der Waals surface area contributed by atoms with Crippen LogP contribution >= 0.6 is 0 Å². The molecule has 1 aromatic carbocycles. The molecule has 1 fully saturated rings. The molecule has 0 radical (unpaired) electrons. The van der Waals surface area contributed by atoms with Gasteiger partial charge >= 0.3 is 0 Å². The first-order valence-corrected chi connectivity index (χ1v) is 7.36. The van der Waals surface area contributed by atoms with Crippen molar-refractivity contribution < 1.29 is 5.11 Å². The van der Waals surface area contributed by atoms with Crippen molar-refractivity contribution >= 4 is 10.9 Å². The van der Waals surface area contributed by atoms with E-state index in [1.807, 2.05) is 19.9 Å². The molecule has 0 atom stereocenters. The van der Waals surface area contributed by atoms with Gasteiger partial charge in [0.1, 0.15) is 0 Å². The van der Waals surface area contributed by atoms with E-state index in [0.717, 1.165) is 18.0 Å². The molecule has 1 aliphatic carbocycles. The summed E-state index contributed by atoms with van der Waals surface area (Å²) in [7, 11) is 0. The average molecular weight is 257 g/mol. The third-order valence-electron chi connectivity index (χ3n) is 4.41. The first kappa shape index (κ1) is 12.7. The number of aliphatic hydroxyl groups is 1. The molecular formula is C17H23NO. The average Bonchev–Trinajstić information content (AvgIpc) is 2.98. The van der Waals surface area contributed by atoms with Crippen LogP contribution in [-0.4, -0.2) is 9.67 Å². The van der Waals surface area contributed by atoms with E-state index in [9.17, 15) is 5.11 Å². The molecule has 19 heavy (non-hydrogen) atoms. The second kappa shape index (κ2) is 4.68. The predicted molar refractivity (Wildman–Crippen MR) is 79.1 cm³/mol. The first-order chi connectivity index (χ1) is 9.04. The van der Waals surface area contributed by atoms with Gasteiger partial charge in [-0.25, -0.2) is 0 Å². The van der Waals surface area contributed by atoms with Crippen LogP contribution in [0.1, 0.15) is 45.1 Å². The number of hydrogen-bond acceptors (Lipinski definition) is 1. The predicted octanol–water partition coefficient (Wildman–Crippen LogP) is 4.06. The molecule has 1 heterocycles. The fraction of sp³-hybridized carbons (Fsp3) is 0.529. The molecule has 1 N–H and O–H groups in total. The van der Waals surface area contributed by atoms with Gasteiger partial charge < -0.3 is 9.67 Å². The third kappa shape index (κ3) is 2.55. The van der Waals surface area contributed by atoms with Gasteiger partial charge in [-0.2, -0.15) is 0 Å². The molecule has 1 saturated carbocycles. The minimum atomic E-state index is -0.762. The topological polar surface area (TPSA) is 25.2 Å². The molecule has 0 amide bonds. The summed E-state index contributed by atoms with van der Waals surface area (Å²) in [5.74, 6) is 0.851. The van der Waals surface area contributed by atoms with Crippen molar-refractivity contribution in [1.82, 2.24) is 4.57 Å². The largest absolute Gasteiger partial charge is 0.386 e. The maximum Gasteiger partial charge on any atom is 0.0840 e. The second-order valence-electron chi connectivity index (χ2n) is 6.45. The summed E-state index contributed by atoms with van der Waals surface area (Å²) in [6.45, 7) is 4.82. The molecule has 2 heteroatoms. The SMILES string of the molecule is CC(C)(O)c1ccc2c(ccn2CC2CCCC2)c1. The summed E-state index contributed by atoms with van der Waals surface area (Å²) in [6.07, 6.45) is 7.74. The highest BCUT2D eigenvalue weighted by Crippen LogP contribution is 2.29. The van der Waals surface area contributed by atoms with E-state index >= 15 is 0 Å². The summed E-state index contributed by atoms with van der Waals surface area (Å²) in [5.41, 5.74) is 1.51. The van der Waals surface area contributed by atoms with Gasteiger partial charge in [-0.1, -0.05) is 18.9 Å². The highest BCUT2D eigenvalue weighted by molar-refractivity contribution is 5.81. The van der Waals surface area contributed by atoms with Gasteiger partial charge in [0.15, 0.2) is 0 Å². The van der Waals surface area contributed by atoms with Crippen molar-refractivity contribution in [3.05, 3.63) is 36.0 Å². The molecule has 2 aromatic rings. The molecular weight excluding hydrogens is 234 g/mol. The summed E-state index contributed by atoms with van der Waals surface area (Å²) in [5, 5.41) is 11.3. The number of fused-ring (bicyclic) bond motifs is 1. The smallest absolute Gasteiger partial charge is 0.0840 e. The Bertz CT molecular complexity index is 570. The zero-order valence-electron chi connectivity index (χ0n) is 11.9. The lowest BCUT2D eigenvalue weighted by Gasteiger charge is -2.18. The zero-order valence-corrected chi connectivity index (χ0v) is 11.9. The van der Waals surface area contributed by atoms with E-state index in [4.69, 9.17) is 0 Å². The summed E-state index contributed by atoms with van der Waals surface area (Å²) in [6, 6.07) is 8.48. The standard InChI is InChI=1S/C17H23NO/c1-17(2,19)15-7-8-16-14(11-15)9-10-18(16)12-13-5-3-4-6-13/h7-11,13,19H,3-6,12H2,1-2H3. The molecule has 0 aliphatic heterocycles. The molecule has 2 nitrogen and oxygen atoms in total. The van der Waals surface area contributed by atoms with Crippen LogP contribution in [0.4, 0.5) is 0 Å². The van der Waals surface area contributed by atoms with Gasteiger partial charge in [0.05, 0.1) is 5.60 Å². The van der Waals surface area contributed by atoms with Crippen molar-refractivity contribution in [1.29, 1.82) is 0 Å². The Balaban J connectivity index is 1.91. The van der Waals surface area contributed by atoms with E-state index in [2.05, 4.69) is 29.0 Å². The third-order valence-corrected chi connectivity index (χ3v) is 4.41. The summed E-state index contributed by atoms with van der Waals surface area (Å²) < 4.78 is 2.37.